The zero-order valence-corrected chi connectivity index (χ0v) is 36.2. The Hall–Kier alpha value is -5.66. The van der Waals surface area contributed by atoms with Crippen molar-refractivity contribution in [2.75, 3.05) is 66.9 Å². The van der Waals surface area contributed by atoms with Crippen molar-refractivity contribution in [1.82, 2.24) is 55.6 Å². The number of aromatic nitrogens is 8. The number of methoxy groups -OCH3 is 6. The average molecular weight is 892 g/mol. The fourth-order valence-corrected chi connectivity index (χ4v) is 3.52. The molecule has 0 aliphatic heterocycles. The Balaban J connectivity index is -0.000000368. The van der Waals surface area contributed by atoms with Crippen molar-refractivity contribution in [3.8, 4) is 35.3 Å². The van der Waals surface area contributed by atoms with Crippen molar-refractivity contribution < 1.29 is 92.9 Å². The van der Waals surface area contributed by atoms with E-state index in [4.69, 9.17) is 56.8 Å². The molecule has 0 unspecified atom stereocenters. The van der Waals surface area contributed by atoms with Crippen LogP contribution in [0.15, 0.2) is 23.6 Å². The molecule has 0 spiro atoms. The van der Waals surface area contributed by atoms with Gasteiger partial charge in [-0.15, -0.1) is 17.5 Å². The number of nitrogens with zero attached hydrogens (tertiary/aromatic N) is 9. The molecular formula is C28H47ClN15NaO13S. The number of ether oxygens (including phenoxy) is 8. The summed E-state index contributed by atoms with van der Waals surface area (Å²) in [5.74, 6) is 4.76. The maximum absolute atomic E-state index is 11.2. The zero-order valence-electron chi connectivity index (χ0n) is 32.6. The number of hydrogen-bond acceptors (Lipinski definition) is 24. The number of halogens is 1. The van der Waals surface area contributed by atoms with Crippen LogP contribution in [0.5, 0.6) is 35.3 Å². The van der Waals surface area contributed by atoms with E-state index in [2.05, 4.69) is 71.3 Å². The standard InChI is InChI=1S/C10H15N5O5.C10H14N4O4S.C7H9N5O2.CH4.ClH.H3NO.Na.H2O/c1-4-20-10(16)14-8(15-17)12-7-6(18-2)5-11-9(13-7)19-3;1-4-18-10(15)14-9(19)13-7-6(16-2)5-11-8(12-7)17-3;1-13-4-3-9-7(14-2)12-5(4)10-6(8)11-12;;;1-2;;/h5,17H,4H2,1-3H3,(H2,11,12,13,14,15,16);5H,4H2,1-3H3,(H2,11,12,13,14,15,19);3H,1-2H3,(H2,8,11);1H4;1H;2H,1H2;;1H2/q;;;;;;+1;/p-1. The number of guanidine groups is 1. The third-order valence-corrected chi connectivity index (χ3v) is 5.72. The maximum atomic E-state index is 11.2. The van der Waals surface area contributed by atoms with Gasteiger partial charge in [0.2, 0.25) is 23.4 Å². The zero-order chi connectivity index (χ0) is 41.3. The molecule has 4 aromatic rings. The molecular weight excluding hydrogens is 845 g/mol. The molecule has 0 aliphatic rings. The number of nitrogens with one attached hydrogen (secondary N) is 4. The first kappa shape index (κ1) is 60.0. The molecule has 4 rings (SSSR count). The Morgan fingerprint density at radius 2 is 1.31 bits per heavy atom. The Kier molecular flexibility index (Phi) is 33.9. The van der Waals surface area contributed by atoms with Gasteiger partial charge in [-0.3, -0.25) is 15.8 Å². The van der Waals surface area contributed by atoms with E-state index in [1.165, 1.54) is 65.8 Å². The summed E-state index contributed by atoms with van der Waals surface area (Å²) < 4.78 is 40.5. The molecule has 2 amide bonds. The molecule has 326 valence electrons. The number of alkyl carbamates (subject to hydrolysis) is 2. The number of hydrogen-bond donors (Lipinski definition) is 8. The Bertz CT molecular complexity index is 1830. The molecule has 0 aliphatic carbocycles. The van der Waals surface area contributed by atoms with Crippen LogP contribution in [0, 0.1) is 0 Å². The van der Waals surface area contributed by atoms with Gasteiger partial charge >= 0.3 is 59.8 Å². The molecule has 11 N–H and O–H groups in total. The van der Waals surface area contributed by atoms with Gasteiger partial charge in [0.15, 0.2) is 28.2 Å². The van der Waals surface area contributed by atoms with Gasteiger partial charge in [-0.2, -0.15) is 39.4 Å². The van der Waals surface area contributed by atoms with Gasteiger partial charge in [0.05, 0.1) is 74.5 Å². The predicted molar refractivity (Wildman–Crippen MR) is 209 cm³/mol. The van der Waals surface area contributed by atoms with Crippen LogP contribution in [0.3, 0.4) is 0 Å². The number of hydroxylamine groups is 1. The van der Waals surface area contributed by atoms with Crippen molar-refractivity contribution in [3.05, 3.63) is 18.6 Å². The summed E-state index contributed by atoms with van der Waals surface area (Å²) in [4.78, 5) is 49.8. The van der Waals surface area contributed by atoms with Crippen molar-refractivity contribution in [3.63, 3.8) is 0 Å². The SMILES string of the molecule is C.CCOC(=O)NC(=Nc1nc(OC)ncc1OC)NO.CCOC(=O)NC(=S)Nc1nc(OC)ncc1OC.COc1cnc(OC)n2nc(N)nc12.Cl.NO.[Na+].[OH-]. The summed E-state index contributed by atoms with van der Waals surface area (Å²) in [5, 5.41) is 26.5. The van der Waals surface area contributed by atoms with Crippen LogP contribution >= 0.6 is 24.6 Å². The Morgan fingerprint density at radius 3 is 1.80 bits per heavy atom. The summed E-state index contributed by atoms with van der Waals surface area (Å²) >= 11 is 4.93. The van der Waals surface area contributed by atoms with Gasteiger partial charge in [-0.05, 0) is 26.1 Å². The van der Waals surface area contributed by atoms with Crippen LogP contribution in [-0.2, 0) is 9.47 Å². The Labute approximate surface area is 371 Å². The third kappa shape index (κ3) is 20.0. The van der Waals surface area contributed by atoms with E-state index in [0.717, 1.165) is 0 Å². The minimum Gasteiger partial charge on any atom is -0.870 e. The monoisotopic (exact) mass is 891 g/mol. The number of amides is 2. The first-order valence-corrected chi connectivity index (χ1v) is 15.3. The van der Waals surface area contributed by atoms with E-state index >= 15 is 0 Å². The van der Waals surface area contributed by atoms with Crippen molar-refractivity contribution >= 4 is 71.1 Å². The maximum Gasteiger partial charge on any atom is 1.00 e. The van der Waals surface area contributed by atoms with E-state index in [1.54, 1.807) is 19.3 Å². The fourth-order valence-electron chi connectivity index (χ4n) is 3.34. The second kappa shape index (κ2) is 33.3. The average Bonchev–Trinajstić information content (AvgIpc) is 3.59. The van der Waals surface area contributed by atoms with E-state index in [0.29, 0.717) is 23.2 Å². The molecule has 0 radical (unpaired) electrons. The summed E-state index contributed by atoms with van der Waals surface area (Å²) in [7, 11) is 8.69. The summed E-state index contributed by atoms with van der Waals surface area (Å²) in [6.45, 7) is 3.75. The molecule has 0 aromatic carbocycles. The van der Waals surface area contributed by atoms with Crippen LogP contribution in [-0.4, -0.2) is 135 Å². The molecule has 0 saturated carbocycles. The minimum absolute atomic E-state index is 0. The number of nitrogens with two attached hydrogens (primary N) is 2. The number of nitrogen functional groups attached to an aromatic ring is 1. The van der Waals surface area contributed by atoms with Crippen molar-refractivity contribution in [2.45, 2.75) is 21.3 Å². The summed E-state index contributed by atoms with van der Waals surface area (Å²) in [6, 6.07) is 0.505. The van der Waals surface area contributed by atoms with E-state index in [-0.39, 0.29) is 115 Å². The van der Waals surface area contributed by atoms with Crippen LogP contribution in [0.2, 0.25) is 0 Å². The summed E-state index contributed by atoms with van der Waals surface area (Å²) in [6.07, 6.45) is 2.82. The molecule has 4 heterocycles. The second-order valence-corrected chi connectivity index (χ2v) is 9.17. The van der Waals surface area contributed by atoms with Gasteiger partial charge in [-0.25, -0.2) is 21.0 Å². The molecule has 0 fully saturated rings. The third-order valence-electron chi connectivity index (χ3n) is 5.51. The number of fused-ring (bicyclic) bond motifs is 1. The number of anilines is 2. The number of thiocarbonyl (C=S) groups is 1. The van der Waals surface area contributed by atoms with Gasteiger partial charge in [0, 0.05) is 0 Å². The molecule has 31 heteroatoms. The van der Waals surface area contributed by atoms with E-state index in [1.807, 2.05) is 0 Å². The first-order chi connectivity index (χ1) is 26.5. The predicted octanol–water partition coefficient (Wildman–Crippen LogP) is -1.91. The van der Waals surface area contributed by atoms with Crippen molar-refractivity contribution in [1.29, 1.82) is 0 Å². The number of carbonyl (C=O) groups is 2. The number of aliphatic imine (C=N–C) groups is 1. The van der Waals surface area contributed by atoms with Gasteiger partial charge in [0.1, 0.15) is 0 Å². The summed E-state index contributed by atoms with van der Waals surface area (Å²) in [5.41, 5.74) is 7.65. The van der Waals surface area contributed by atoms with E-state index in [9.17, 15) is 9.59 Å². The largest absolute Gasteiger partial charge is 1.00 e. The topological polar surface area (TPSA) is 386 Å². The van der Waals surface area contributed by atoms with Gasteiger partial charge < -0.3 is 59.6 Å². The van der Waals surface area contributed by atoms with Crippen molar-refractivity contribution in [2.24, 2.45) is 10.9 Å². The van der Waals surface area contributed by atoms with Crippen LogP contribution in [0.4, 0.5) is 27.2 Å². The normalized spacial score (nSPS) is 9.24. The van der Waals surface area contributed by atoms with E-state index < -0.39 is 12.2 Å². The van der Waals surface area contributed by atoms with Gasteiger partial charge in [0.25, 0.3) is 0 Å². The fraction of sp³-hybridized carbons (Fsp3) is 0.393. The molecule has 0 atom stereocenters. The van der Waals surface area contributed by atoms with Crippen LogP contribution in [0.1, 0.15) is 21.3 Å². The minimum atomic E-state index is -0.784. The van der Waals surface area contributed by atoms with Crippen LogP contribution < -0.4 is 91.0 Å². The number of carbonyl (C=O) groups excluding carboxylic acids is 2. The quantitative estimate of drug-likeness (QED) is 0.0283. The molecule has 0 saturated heterocycles. The molecule has 28 nitrogen and oxygen atoms in total. The van der Waals surface area contributed by atoms with Gasteiger partial charge in [-0.1, -0.05) is 7.43 Å². The molecule has 59 heavy (non-hydrogen) atoms. The van der Waals surface area contributed by atoms with Crippen LogP contribution in [0.25, 0.3) is 5.65 Å². The number of rotatable bonds is 10. The first-order valence-electron chi connectivity index (χ1n) is 14.9. The Morgan fingerprint density at radius 1 is 0.797 bits per heavy atom. The molecule has 4 aromatic heterocycles. The second-order valence-electron chi connectivity index (χ2n) is 8.76. The smallest absolute Gasteiger partial charge is 0.870 e. The molecule has 0 bridgehead atoms.